The molecule has 21 heavy (non-hydrogen) atoms. The lowest BCUT2D eigenvalue weighted by atomic mass is 10.2. The van der Waals surface area contributed by atoms with Crippen molar-refractivity contribution in [1.82, 2.24) is 0 Å². The summed E-state index contributed by atoms with van der Waals surface area (Å²) in [6.07, 6.45) is 0. The van der Waals surface area contributed by atoms with E-state index in [1.165, 1.54) is 13.2 Å². The monoisotopic (exact) mass is 389 g/mol. The number of alkyl halides is 4. The minimum absolute atomic E-state index is 0.0386. The molecule has 0 N–H and O–H groups in total. The van der Waals surface area contributed by atoms with E-state index in [1.54, 1.807) is 0 Å². The van der Waals surface area contributed by atoms with Crippen LogP contribution < -0.4 is 9.47 Å². The summed E-state index contributed by atoms with van der Waals surface area (Å²) in [5.41, 5.74) is -4.14. The topological polar surface area (TPSA) is 61.6 Å². The van der Waals surface area contributed by atoms with Crippen LogP contribution in [0.25, 0.3) is 0 Å². The van der Waals surface area contributed by atoms with E-state index < -0.39 is 10.4 Å². The number of halogens is 4. The second-order valence-electron chi connectivity index (χ2n) is 3.67. The van der Waals surface area contributed by atoms with Crippen molar-refractivity contribution in [1.29, 1.82) is 0 Å². The molecule has 118 valence electrons. The summed E-state index contributed by atoms with van der Waals surface area (Å²) in [5, 5.41) is 11.2. The zero-order valence-corrected chi connectivity index (χ0v) is 13.2. The number of nitro benzene ring substituents is 1. The Morgan fingerprint density at radius 1 is 1.38 bits per heavy atom. The first-order chi connectivity index (χ1) is 9.78. The average Bonchev–Trinajstić information content (AvgIpc) is 2.41. The number of rotatable bonds is 7. The fourth-order valence-electron chi connectivity index (χ4n) is 1.45. The Labute approximate surface area is 131 Å². The second kappa shape index (κ2) is 7.74. The number of nitrogens with zero attached hydrogens (tertiary/aromatic N) is 1. The number of nitro groups is 1. The molecule has 0 fully saturated rings. The Balaban J connectivity index is 2.85. The summed E-state index contributed by atoms with van der Waals surface area (Å²) < 4.78 is 46.1. The fraction of sp³-hybridized carbons (Fsp3) is 0.455. The largest absolute Gasteiger partial charge is 0.493 e. The molecule has 0 bridgehead atoms. The first-order valence-electron chi connectivity index (χ1n) is 5.53. The quantitative estimate of drug-likeness (QED) is 0.303. The summed E-state index contributed by atoms with van der Waals surface area (Å²) in [4.78, 5) is 10.3. The number of thioether (sulfide) groups is 1. The van der Waals surface area contributed by atoms with Crippen molar-refractivity contribution >= 4 is 33.4 Å². The van der Waals surface area contributed by atoms with Gasteiger partial charge in [-0.2, -0.15) is 13.2 Å². The summed E-state index contributed by atoms with van der Waals surface area (Å²) >= 11 is 2.90. The van der Waals surface area contributed by atoms with Crippen LogP contribution >= 0.6 is 27.7 Å². The molecule has 0 aliphatic rings. The van der Waals surface area contributed by atoms with Crippen molar-refractivity contribution in [3.8, 4) is 11.5 Å². The predicted octanol–water partition coefficient (Wildman–Crippen LogP) is 4.13. The van der Waals surface area contributed by atoms with Crippen LogP contribution in [-0.4, -0.2) is 29.9 Å². The van der Waals surface area contributed by atoms with Crippen LogP contribution in [0.4, 0.5) is 18.9 Å². The minimum Gasteiger partial charge on any atom is -0.493 e. The highest BCUT2D eigenvalue weighted by Gasteiger charge is 2.27. The highest BCUT2D eigenvalue weighted by Crippen LogP contribution is 2.36. The molecule has 0 aromatic heterocycles. The third-order valence-electron chi connectivity index (χ3n) is 2.31. The SMILES string of the molecule is COc1cc(CBr)c([N+](=O)[O-])cc1OCCSC(F)(F)F. The van der Waals surface area contributed by atoms with E-state index in [0.717, 1.165) is 6.07 Å². The van der Waals surface area contributed by atoms with Crippen LogP contribution in [0.3, 0.4) is 0 Å². The molecule has 0 amide bonds. The van der Waals surface area contributed by atoms with Crippen LogP contribution in [0.1, 0.15) is 5.56 Å². The Kier molecular flexibility index (Phi) is 6.59. The zero-order chi connectivity index (χ0) is 16.0. The summed E-state index contributed by atoms with van der Waals surface area (Å²) in [5.74, 6) is -0.0515. The maximum absolute atomic E-state index is 12.0. The van der Waals surface area contributed by atoms with Gasteiger partial charge in [0.25, 0.3) is 5.69 Å². The lowest BCUT2D eigenvalue weighted by molar-refractivity contribution is -0.385. The van der Waals surface area contributed by atoms with Crippen LogP contribution in [0, 0.1) is 10.1 Å². The molecule has 0 heterocycles. The van der Waals surface area contributed by atoms with E-state index in [4.69, 9.17) is 9.47 Å². The third-order valence-corrected chi connectivity index (χ3v) is 3.61. The van der Waals surface area contributed by atoms with Gasteiger partial charge in [-0.15, -0.1) is 0 Å². The van der Waals surface area contributed by atoms with Gasteiger partial charge in [-0.05, 0) is 17.8 Å². The second-order valence-corrected chi connectivity index (χ2v) is 5.39. The van der Waals surface area contributed by atoms with Crippen LogP contribution in [-0.2, 0) is 5.33 Å². The maximum atomic E-state index is 12.0. The highest BCUT2D eigenvalue weighted by atomic mass is 79.9. The van der Waals surface area contributed by atoms with Gasteiger partial charge < -0.3 is 9.47 Å². The average molecular weight is 390 g/mol. The van der Waals surface area contributed by atoms with Crippen LogP contribution in [0.15, 0.2) is 12.1 Å². The van der Waals surface area contributed by atoms with Crippen molar-refractivity contribution < 1.29 is 27.6 Å². The van der Waals surface area contributed by atoms with E-state index in [-0.39, 0.29) is 46.6 Å². The van der Waals surface area contributed by atoms with E-state index in [9.17, 15) is 23.3 Å². The van der Waals surface area contributed by atoms with Gasteiger partial charge >= 0.3 is 5.51 Å². The molecule has 0 aliphatic heterocycles. The maximum Gasteiger partial charge on any atom is 0.441 e. The Morgan fingerprint density at radius 3 is 2.52 bits per heavy atom. The molecule has 5 nitrogen and oxygen atoms in total. The number of methoxy groups -OCH3 is 1. The molecule has 0 aliphatic carbocycles. The third kappa shape index (κ3) is 5.62. The Bertz CT molecular complexity index is 513. The molecule has 0 atom stereocenters. The normalized spacial score (nSPS) is 11.3. The lowest BCUT2D eigenvalue weighted by Crippen LogP contribution is -2.08. The molecule has 0 saturated heterocycles. The van der Waals surface area contributed by atoms with Gasteiger partial charge in [0, 0.05) is 16.6 Å². The van der Waals surface area contributed by atoms with Gasteiger partial charge in [0.15, 0.2) is 11.5 Å². The van der Waals surface area contributed by atoms with E-state index in [0.29, 0.717) is 5.56 Å². The standard InChI is InChI=1S/C11H11BrF3NO4S/c1-19-9-4-7(6-12)8(16(17)18)5-10(9)20-2-3-21-11(13,14)15/h4-5H,2-3,6H2,1H3. The van der Waals surface area contributed by atoms with Crippen molar-refractivity contribution in [2.45, 2.75) is 10.8 Å². The first kappa shape index (κ1) is 17.9. The molecule has 1 aromatic rings. The first-order valence-corrected chi connectivity index (χ1v) is 7.64. The number of hydrogen-bond acceptors (Lipinski definition) is 5. The van der Waals surface area contributed by atoms with Gasteiger partial charge in [0.1, 0.15) is 0 Å². The number of ether oxygens (including phenoxy) is 2. The molecule has 0 saturated carbocycles. The van der Waals surface area contributed by atoms with Gasteiger partial charge in [0.05, 0.1) is 24.7 Å². The van der Waals surface area contributed by atoms with Crippen molar-refractivity contribution in [2.24, 2.45) is 0 Å². The van der Waals surface area contributed by atoms with Gasteiger partial charge in [0.2, 0.25) is 0 Å². The summed E-state index contributed by atoms with van der Waals surface area (Å²) in [6.45, 7) is -0.245. The molecule has 0 radical (unpaired) electrons. The van der Waals surface area contributed by atoms with Crippen LogP contribution in [0.5, 0.6) is 11.5 Å². The molecular formula is C11H11BrF3NO4S. The summed E-state index contributed by atoms with van der Waals surface area (Å²) in [6, 6.07) is 2.56. The summed E-state index contributed by atoms with van der Waals surface area (Å²) in [7, 11) is 1.34. The van der Waals surface area contributed by atoms with E-state index in [1.807, 2.05) is 0 Å². The minimum atomic E-state index is -4.33. The van der Waals surface area contributed by atoms with Gasteiger partial charge in [-0.25, -0.2) is 0 Å². The van der Waals surface area contributed by atoms with Crippen molar-refractivity contribution in [3.63, 3.8) is 0 Å². The van der Waals surface area contributed by atoms with E-state index >= 15 is 0 Å². The van der Waals surface area contributed by atoms with Crippen molar-refractivity contribution in [2.75, 3.05) is 19.5 Å². The van der Waals surface area contributed by atoms with E-state index in [2.05, 4.69) is 15.9 Å². The zero-order valence-electron chi connectivity index (χ0n) is 10.8. The fourth-order valence-corrected chi connectivity index (χ4v) is 2.30. The molecular weight excluding hydrogens is 379 g/mol. The number of benzene rings is 1. The molecule has 1 rings (SSSR count). The Morgan fingerprint density at radius 2 is 2.05 bits per heavy atom. The molecule has 10 heteroatoms. The molecule has 0 unspecified atom stereocenters. The highest BCUT2D eigenvalue weighted by molar-refractivity contribution is 9.08. The lowest BCUT2D eigenvalue weighted by Gasteiger charge is -2.12. The smallest absolute Gasteiger partial charge is 0.441 e. The van der Waals surface area contributed by atoms with Crippen LogP contribution in [0.2, 0.25) is 0 Å². The Hall–Kier alpha value is -1.16. The van der Waals surface area contributed by atoms with Gasteiger partial charge in [-0.3, -0.25) is 10.1 Å². The predicted molar refractivity (Wildman–Crippen MR) is 76.3 cm³/mol. The van der Waals surface area contributed by atoms with Crippen molar-refractivity contribution in [3.05, 3.63) is 27.8 Å². The molecule has 0 spiro atoms. The van der Waals surface area contributed by atoms with Gasteiger partial charge in [-0.1, -0.05) is 15.9 Å². The number of hydrogen-bond donors (Lipinski definition) is 0. The molecule has 1 aromatic carbocycles.